The van der Waals surface area contributed by atoms with E-state index in [-0.39, 0.29) is 24.2 Å². The standard InChI is InChI=1S/C22H29FN4O3/c1-16(30-20-6-4-5-19(14-20)29-3)15-27-22(24-2)26-12-11-25-21(28)13-17-7-9-18(23)10-8-17/h4-10,14,16H,11-13,15H2,1-3H3,(H,25,28)(H2,24,26,27). The highest BCUT2D eigenvalue weighted by atomic mass is 19.1. The van der Waals surface area contributed by atoms with Crippen molar-refractivity contribution in [2.75, 3.05) is 33.8 Å². The summed E-state index contributed by atoms with van der Waals surface area (Å²) in [6, 6.07) is 13.3. The van der Waals surface area contributed by atoms with E-state index >= 15 is 0 Å². The van der Waals surface area contributed by atoms with Crippen LogP contribution in [0.3, 0.4) is 0 Å². The summed E-state index contributed by atoms with van der Waals surface area (Å²) in [5, 5.41) is 9.14. The van der Waals surface area contributed by atoms with Crippen LogP contribution in [-0.2, 0) is 11.2 Å². The zero-order valence-electron chi connectivity index (χ0n) is 17.6. The van der Waals surface area contributed by atoms with Crippen LogP contribution in [-0.4, -0.2) is 51.8 Å². The molecule has 162 valence electrons. The van der Waals surface area contributed by atoms with Gasteiger partial charge in [-0.2, -0.15) is 0 Å². The summed E-state index contributed by atoms with van der Waals surface area (Å²) in [4.78, 5) is 16.1. The molecule has 1 amide bonds. The third kappa shape index (κ3) is 8.38. The minimum absolute atomic E-state index is 0.0916. The van der Waals surface area contributed by atoms with Crippen molar-refractivity contribution in [3.63, 3.8) is 0 Å². The Labute approximate surface area is 176 Å². The lowest BCUT2D eigenvalue weighted by atomic mass is 10.1. The molecule has 0 bridgehead atoms. The van der Waals surface area contributed by atoms with Crippen LogP contribution in [0.2, 0.25) is 0 Å². The van der Waals surface area contributed by atoms with Gasteiger partial charge in [0.25, 0.3) is 0 Å². The number of hydrogen-bond donors (Lipinski definition) is 3. The number of amides is 1. The van der Waals surface area contributed by atoms with Crippen molar-refractivity contribution < 1.29 is 18.7 Å². The van der Waals surface area contributed by atoms with Crippen molar-refractivity contribution >= 4 is 11.9 Å². The van der Waals surface area contributed by atoms with Crippen molar-refractivity contribution in [1.29, 1.82) is 0 Å². The van der Waals surface area contributed by atoms with E-state index in [0.717, 1.165) is 17.1 Å². The number of benzene rings is 2. The second-order valence-corrected chi connectivity index (χ2v) is 6.64. The zero-order chi connectivity index (χ0) is 21.8. The van der Waals surface area contributed by atoms with E-state index in [0.29, 0.717) is 25.6 Å². The van der Waals surface area contributed by atoms with E-state index in [4.69, 9.17) is 9.47 Å². The van der Waals surface area contributed by atoms with Gasteiger partial charge < -0.3 is 25.4 Å². The highest BCUT2D eigenvalue weighted by molar-refractivity contribution is 5.80. The molecule has 2 rings (SSSR count). The molecule has 30 heavy (non-hydrogen) atoms. The van der Waals surface area contributed by atoms with Gasteiger partial charge in [0.05, 0.1) is 20.1 Å². The molecule has 0 radical (unpaired) electrons. The number of carbonyl (C=O) groups is 1. The topological polar surface area (TPSA) is 84.0 Å². The molecule has 2 aromatic rings. The molecule has 7 nitrogen and oxygen atoms in total. The van der Waals surface area contributed by atoms with Crippen molar-refractivity contribution in [3.8, 4) is 11.5 Å². The highest BCUT2D eigenvalue weighted by Gasteiger charge is 2.07. The molecule has 8 heteroatoms. The number of hydrogen-bond acceptors (Lipinski definition) is 4. The maximum Gasteiger partial charge on any atom is 0.224 e. The number of guanidine groups is 1. The number of halogens is 1. The van der Waals surface area contributed by atoms with E-state index in [9.17, 15) is 9.18 Å². The molecule has 0 aliphatic heterocycles. The summed E-state index contributed by atoms with van der Waals surface area (Å²) in [6.45, 7) is 3.46. The van der Waals surface area contributed by atoms with Gasteiger partial charge in [0, 0.05) is 26.2 Å². The normalized spacial score (nSPS) is 12.1. The Bertz CT molecular complexity index is 827. The molecule has 3 N–H and O–H groups in total. The van der Waals surface area contributed by atoms with Crippen LogP contribution in [0, 0.1) is 5.82 Å². The summed E-state index contributed by atoms with van der Waals surface area (Å²) in [6.07, 6.45) is 0.123. The number of ether oxygens (including phenoxy) is 2. The molecule has 0 spiro atoms. The summed E-state index contributed by atoms with van der Waals surface area (Å²) in [7, 11) is 3.29. The predicted molar refractivity (Wildman–Crippen MR) is 116 cm³/mol. The van der Waals surface area contributed by atoms with E-state index < -0.39 is 0 Å². The Kier molecular flexibility index (Phi) is 9.44. The van der Waals surface area contributed by atoms with Gasteiger partial charge in [-0.15, -0.1) is 0 Å². The Morgan fingerprint density at radius 3 is 2.47 bits per heavy atom. The SMILES string of the molecule is CN=C(NCCNC(=O)Cc1ccc(F)cc1)NCC(C)Oc1cccc(OC)c1. The van der Waals surface area contributed by atoms with Gasteiger partial charge in [0.15, 0.2) is 5.96 Å². The van der Waals surface area contributed by atoms with Gasteiger partial charge in [0.1, 0.15) is 23.4 Å². The lowest BCUT2D eigenvalue weighted by Gasteiger charge is -2.18. The third-order valence-electron chi connectivity index (χ3n) is 4.18. The number of nitrogens with zero attached hydrogens (tertiary/aromatic N) is 1. The maximum absolute atomic E-state index is 12.9. The second-order valence-electron chi connectivity index (χ2n) is 6.64. The van der Waals surface area contributed by atoms with Gasteiger partial charge in [-0.25, -0.2) is 4.39 Å². The fourth-order valence-corrected chi connectivity index (χ4v) is 2.64. The first kappa shape index (κ1) is 23.0. The Morgan fingerprint density at radius 2 is 1.77 bits per heavy atom. The maximum atomic E-state index is 12.9. The van der Waals surface area contributed by atoms with Crippen LogP contribution < -0.4 is 25.4 Å². The number of methoxy groups -OCH3 is 1. The minimum atomic E-state index is -0.314. The van der Waals surface area contributed by atoms with Gasteiger partial charge in [-0.05, 0) is 36.8 Å². The molecular weight excluding hydrogens is 387 g/mol. The Balaban J connectivity index is 1.64. The van der Waals surface area contributed by atoms with Gasteiger partial charge in [-0.3, -0.25) is 9.79 Å². The fourth-order valence-electron chi connectivity index (χ4n) is 2.64. The molecule has 0 heterocycles. The first-order chi connectivity index (χ1) is 14.5. The first-order valence-electron chi connectivity index (χ1n) is 9.76. The molecule has 2 aromatic carbocycles. The van der Waals surface area contributed by atoms with Crippen LogP contribution in [0.5, 0.6) is 11.5 Å². The second kappa shape index (κ2) is 12.3. The summed E-state index contributed by atoms with van der Waals surface area (Å²) >= 11 is 0. The average molecular weight is 416 g/mol. The van der Waals surface area contributed by atoms with Crippen LogP contribution in [0.15, 0.2) is 53.5 Å². The monoisotopic (exact) mass is 416 g/mol. The predicted octanol–water partition coefficient (Wildman–Crippen LogP) is 2.13. The third-order valence-corrected chi connectivity index (χ3v) is 4.18. The first-order valence-corrected chi connectivity index (χ1v) is 9.76. The van der Waals surface area contributed by atoms with Gasteiger partial charge >= 0.3 is 0 Å². The molecule has 0 aliphatic carbocycles. The lowest BCUT2D eigenvalue weighted by Crippen LogP contribution is -2.44. The fraction of sp³-hybridized carbons (Fsp3) is 0.364. The van der Waals surface area contributed by atoms with Crippen molar-refractivity contribution in [1.82, 2.24) is 16.0 Å². The average Bonchev–Trinajstić information content (AvgIpc) is 2.75. The number of aliphatic imine (C=N–C) groups is 1. The lowest BCUT2D eigenvalue weighted by molar-refractivity contribution is -0.120. The van der Waals surface area contributed by atoms with Gasteiger partial charge in [0.2, 0.25) is 5.91 Å². The summed E-state index contributed by atoms with van der Waals surface area (Å²) < 4.78 is 24.0. The van der Waals surface area contributed by atoms with Crippen LogP contribution >= 0.6 is 0 Å². The molecular formula is C22H29FN4O3. The van der Waals surface area contributed by atoms with E-state index in [1.165, 1.54) is 12.1 Å². The molecule has 0 aromatic heterocycles. The summed E-state index contributed by atoms with van der Waals surface area (Å²) in [5.74, 6) is 1.66. The van der Waals surface area contributed by atoms with Crippen LogP contribution in [0.25, 0.3) is 0 Å². The molecule has 1 unspecified atom stereocenters. The minimum Gasteiger partial charge on any atom is -0.497 e. The van der Waals surface area contributed by atoms with E-state index in [1.54, 1.807) is 26.3 Å². The van der Waals surface area contributed by atoms with Crippen molar-refractivity contribution in [2.24, 2.45) is 4.99 Å². The van der Waals surface area contributed by atoms with E-state index in [1.807, 2.05) is 31.2 Å². The Morgan fingerprint density at radius 1 is 1.07 bits per heavy atom. The molecule has 0 fully saturated rings. The molecule has 0 saturated carbocycles. The van der Waals surface area contributed by atoms with Gasteiger partial charge in [-0.1, -0.05) is 18.2 Å². The smallest absolute Gasteiger partial charge is 0.224 e. The van der Waals surface area contributed by atoms with Crippen LogP contribution in [0.4, 0.5) is 4.39 Å². The largest absolute Gasteiger partial charge is 0.497 e. The number of rotatable bonds is 10. The number of nitrogens with one attached hydrogen (secondary N) is 3. The zero-order valence-corrected chi connectivity index (χ0v) is 17.6. The van der Waals surface area contributed by atoms with E-state index in [2.05, 4.69) is 20.9 Å². The molecule has 1 atom stereocenters. The van der Waals surface area contributed by atoms with Crippen molar-refractivity contribution in [2.45, 2.75) is 19.4 Å². The Hall–Kier alpha value is -3.29. The summed E-state index contributed by atoms with van der Waals surface area (Å²) in [5.41, 5.74) is 0.768. The number of carbonyl (C=O) groups excluding carboxylic acids is 1. The highest BCUT2D eigenvalue weighted by Crippen LogP contribution is 2.19. The van der Waals surface area contributed by atoms with Crippen molar-refractivity contribution in [3.05, 3.63) is 59.9 Å². The van der Waals surface area contributed by atoms with Crippen LogP contribution in [0.1, 0.15) is 12.5 Å². The quantitative estimate of drug-likeness (QED) is 0.314. The molecule has 0 saturated heterocycles. The molecule has 0 aliphatic rings.